The van der Waals surface area contributed by atoms with E-state index < -0.39 is 0 Å². The van der Waals surface area contributed by atoms with Gasteiger partial charge in [0.15, 0.2) is 0 Å². The van der Waals surface area contributed by atoms with Gasteiger partial charge in [-0.05, 0) is 19.3 Å². The third-order valence-electron chi connectivity index (χ3n) is 3.90. The summed E-state index contributed by atoms with van der Waals surface area (Å²) in [5.41, 5.74) is 0. The lowest BCUT2D eigenvalue weighted by molar-refractivity contribution is -0.124. The Morgan fingerprint density at radius 3 is 2.85 bits per heavy atom. The van der Waals surface area contributed by atoms with Crippen LogP contribution in [0.4, 0.5) is 11.6 Å². The third-order valence-corrected chi connectivity index (χ3v) is 3.90. The molecule has 1 N–H and O–H groups in total. The van der Waals surface area contributed by atoms with Crippen molar-refractivity contribution in [2.24, 2.45) is 5.92 Å². The molecule has 1 aliphatic heterocycles. The van der Waals surface area contributed by atoms with Gasteiger partial charge in [-0.1, -0.05) is 0 Å². The van der Waals surface area contributed by atoms with Gasteiger partial charge in [0.1, 0.15) is 18.0 Å². The average Bonchev–Trinajstić information content (AvgIpc) is 3.11. The minimum Gasteiger partial charge on any atom is -0.363 e. The van der Waals surface area contributed by atoms with Crippen LogP contribution in [0.15, 0.2) is 12.4 Å². The predicted molar refractivity (Wildman–Crippen MR) is 77.8 cm³/mol. The quantitative estimate of drug-likeness (QED) is 0.874. The Labute approximate surface area is 119 Å². The van der Waals surface area contributed by atoms with Crippen LogP contribution in [0.2, 0.25) is 0 Å². The third kappa shape index (κ3) is 2.84. The van der Waals surface area contributed by atoms with E-state index in [0.29, 0.717) is 6.04 Å². The summed E-state index contributed by atoms with van der Waals surface area (Å²) in [7, 11) is 3.92. The number of nitrogens with zero attached hydrogens (tertiary/aromatic N) is 4. The normalized spacial score (nSPS) is 21.9. The maximum Gasteiger partial charge on any atom is 0.225 e. The maximum atomic E-state index is 12.1. The molecule has 1 unspecified atom stereocenters. The van der Waals surface area contributed by atoms with E-state index in [9.17, 15) is 4.79 Å². The van der Waals surface area contributed by atoms with Gasteiger partial charge < -0.3 is 15.1 Å². The molecule has 108 valence electrons. The average molecular weight is 275 g/mol. The number of aromatic nitrogens is 2. The van der Waals surface area contributed by atoms with E-state index in [1.807, 2.05) is 25.1 Å². The molecular weight excluding hydrogens is 254 g/mol. The minimum atomic E-state index is 0.0911. The molecule has 1 aromatic rings. The fourth-order valence-electron chi connectivity index (χ4n) is 2.48. The van der Waals surface area contributed by atoms with E-state index in [1.165, 1.54) is 0 Å². The van der Waals surface area contributed by atoms with Crippen molar-refractivity contribution < 1.29 is 4.79 Å². The van der Waals surface area contributed by atoms with Gasteiger partial charge in [-0.2, -0.15) is 0 Å². The van der Waals surface area contributed by atoms with Crippen LogP contribution in [0.25, 0.3) is 0 Å². The topological polar surface area (TPSA) is 61.4 Å². The van der Waals surface area contributed by atoms with E-state index in [1.54, 1.807) is 6.33 Å². The molecule has 1 amide bonds. The molecule has 1 saturated carbocycles. The number of anilines is 2. The predicted octanol–water partition coefficient (Wildman–Crippen LogP) is 0.647. The van der Waals surface area contributed by atoms with Crippen molar-refractivity contribution in [1.82, 2.24) is 15.3 Å². The van der Waals surface area contributed by atoms with Gasteiger partial charge in [0, 0.05) is 39.3 Å². The molecule has 1 atom stereocenters. The lowest BCUT2D eigenvalue weighted by atomic mass is 10.1. The van der Waals surface area contributed by atoms with E-state index in [4.69, 9.17) is 0 Å². The molecule has 0 spiro atoms. The van der Waals surface area contributed by atoms with Crippen LogP contribution in [0, 0.1) is 5.92 Å². The second-order valence-corrected chi connectivity index (χ2v) is 5.84. The standard InChI is InChI=1S/C14H21N5O/c1-18(2)12-7-13(16-9-15-12)19-6-5-10(8-19)14(20)17-11-3-4-11/h7,9-11H,3-6,8H2,1-2H3,(H,17,20). The van der Waals surface area contributed by atoms with Gasteiger partial charge in [0.05, 0.1) is 5.92 Å². The van der Waals surface area contributed by atoms with Gasteiger partial charge >= 0.3 is 0 Å². The lowest BCUT2D eigenvalue weighted by Gasteiger charge is -2.19. The molecule has 2 fully saturated rings. The minimum absolute atomic E-state index is 0.0911. The lowest BCUT2D eigenvalue weighted by Crippen LogP contribution is -2.34. The number of nitrogens with one attached hydrogen (secondary N) is 1. The van der Waals surface area contributed by atoms with Crippen molar-refractivity contribution in [3.05, 3.63) is 12.4 Å². The first-order chi connectivity index (χ1) is 9.63. The molecule has 6 nitrogen and oxygen atoms in total. The summed E-state index contributed by atoms with van der Waals surface area (Å²) < 4.78 is 0. The SMILES string of the molecule is CN(C)c1cc(N2CCC(C(=O)NC3CC3)C2)ncn1. The molecular formula is C14H21N5O. The van der Waals surface area contributed by atoms with Crippen molar-refractivity contribution in [1.29, 1.82) is 0 Å². The molecule has 2 heterocycles. The van der Waals surface area contributed by atoms with Crippen LogP contribution in [0.3, 0.4) is 0 Å². The molecule has 0 bridgehead atoms. The largest absolute Gasteiger partial charge is 0.363 e. The number of carbonyl (C=O) groups is 1. The fraction of sp³-hybridized carbons (Fsp3) is 0.643. The Bertz CT molecular complexity index is 500. The monoisotopic (exact) mass is 275 g/mol. The Kier molecular flexibility index (Phi) is 3.46. The van der Waals surface area contributed by atoms with E-state index in [0.717, 1.165) is 44.0 Å². The van der Waals surface area contributed by atoms with Crippen molar-refractivity contribution in [3.63, 3.8) is 0 Å². The first-order valence-electron chi connectivity index (χ1n) is 7.18. The highest BCUT2D eigenvalue weighted by Gasteiger charge is 2.32. The summed E-state index contributed by atoms with van der Waals surface area (Å²) in [4.78, 5) is 24.7. The Morgan fingerprint density at radius 2 is 2.15 bits per heavy atom. The molecule has 3 rings (SSSR count). The van der Waals surface area contributed by atoms with Crippen LogP contribution >= 0.6 is 0 Å². The Hall–Kier alpha value is -1.85. The number of hydrogen-bond acceptors (Lipinski definition) is 5. The van der Waals surface area contributed by atoms with Crippen molar-refractivity contribution in [2.45, 2.75) is 25.3 Å². The Morgan fingerprint density at radius 1 is 1.35 bits per heavy atom. The molecule has 6 heteroatoms. The Balaban J connectivity index is 1.64. The highest BCUT2D eigenvalue weighted by molar-refractivity contribution is 5.80. The number of carbonyl (C=O) groups excluding carboxylic acids is 1. The van der Waals surface area contributed by atoms with Crippen LogP contribution < -0.4 is 15.1 Å². The number of amides is 1. The van der Waals surface area contributed by atoms with Gasteiger partial charge in [0.2, 0.25) is 5.91 Å². The van der Waals surface area contributed by atoms with Gasteiger partial charge in [-0.15, -0.1) is 0 Å². The van der Waals surface area contributed by atoms with Gasteiger partial charge in [-0.25, -0.2) is 9.97 Å². The summed E-state index contributed by atoms with van der Waals surface area (Å²) in [5, 5.41) is 3.09. The number of hydrogen-bond donors (Lipinski definition) is 1. The summed E-state index contributed by atoms with van der Waals surface area (Å²) >= 11 is 0. The molecule has 1 aromatic heterocycles. The van der Waals surface area contributed by atoms with E-state index in [2.05, 4.69) is 20.2 Å². The molecule has 1 saturated heterocycles. The van der Waals surface area contributed by atoms with E-state index in [-0.39, 0.29) is 11.8 Å². The molecule has 0 radical (unpaired) electrons. The molecule has 1 aliphatic carbocycles. The molecule has 0 aromatic carbocycles. The van der Waals surface area contributed by atoms with Crippen molar-refractivity contribution >= 4 is 17.5 Å². The maximum absolute atomic E-state index is 12.1. The summed E-state index contributed by atoms with van der Waals surface area (Å²) in [6.07, 6.45) is 4.77. The number of rotatable bonds is 4. The van der Waals surface area contributed by atoms with Gasteiger partial charge in [-0.3, -0.25) is 4.79 Å². The second-order valence-electron chi connectivity index (χ2n) is 5.84. The first-order valence-corrected chi connectivity index (χ1v) is 7.18. The fourth-order valence-corrected chi connectivity index (χ4v) is 2.48. The van der Waals surface area contributed by atoms with Crippen molar-refractivity contribution in [2.75, 3.05) is 37.0 Å². The molecule has 20 heavy (non-hydrogen) atoms. The van der Waals surface area contributed by atoms with Gasteiger partial charge in [0.25, 0.3) is 0 Å². The highest BCUT2D eigenvalue weighted by atomic mass is 16.2. The molecule has 2 aliphatic rings. The zero-order valence-corrected chi connectivity index (χ0v) is 12.0. The highest BCUT2D eigenvalue weighted by Crippen LogP contribution is 2.25. The van der Waals surface area contributed by atoms with Crippen LogP contribution in [0.1, 0.15) is 19.3 Å². The second kappa shape index (κ2) is 5.26. The first kappa shape index (κ1) is 13.1. The zero-order valence-electron chi connectivity index (χ0n) is 12.0. The zero-order chi connectivity index (χ0) is 14.1. The van der Waals surface area contributed by atoms with Crippen LogP contribution in [-0.2, 0) is 4.79 Å². The summed E-state index contributed by atoms with van der Waals surface area (Å²) in [6.45, 7) is 1.63. The summed E-state index contributed by atoms with van der Waals surface area (Å²) in [5.74, 6) is 2.09. The smallest absolute Gasteiger partial charge is 0.225 e. The van der Waals surface area contributed by atoms with Crippen LogP contribution in [-0.4, -0.2) is 49.1 Å². The summed E-state index contributed by atoms with van der Waals surface area (Å²) in [6, 6.07) is 2.41. The van der Waals surface area contributed by atoms with E-state index >= 15 is 0 Å². The van der Waals surface area contributed by atoms with Crippen molar-refractivity contribution in [3.8, 4) is 0 Å². The van der Waals surface area contributed by atoms with Crippen LogP contribution in [0.5, 0.6) is 0 Å².